The number of rotatable bonds is 6. The lowest BCUT2D eigenvalue weighted by Crippen LogP contribution is -2.37. The monoisotopic (exact) mass is 347 g/mol. The number of carbonyl (C=O) groups is 2. The normalized spacial score (nSPS) is 16.6. The van der Waals surface area contributed by atoms with E-state index in [2.05, 4.69) is 25.7 Å². The lowest BCUT2D eigenvalue weighted by atomic mass is 9.85. The van der Waals surface area contributed by atoms with Gasteiger partial charge in [-0.25, -0.2) is 0 Å². The van der Waals surface area contributed by atoms with E-state index < -0.39 is 5.97 Å². The zero-order chi connectivity index (χ0) is 18.6. The highest BCUT2D eigenvalue weighted by molar-refractivity contribution is 5.96. The van der Waals surface area contributed by atoms with Gasteiger partial charge in [0.1, 0.15) is 5.75 Å². The molecule has 1 saturated heterocycles. The average Bonchev–Trinajstić information content (AvgIpc) is 2.58. The molecule has 5 heteroatoms. The number of methoxy groups -OCH3 is 1. The van der Waals surface area contributed by atoms with E-state index in [4.69, 9.17) is 9.84 Å². The fraction of sp³-hybridized carbons (Fsp3) is 0.600. The van der Waals surface area contributed by atoms with Crippen molar-refractivity contribution in [3.8, 4) is 5.75 Å². The van der Waals surface area contributed by atoms with Crippen molar-refractivity contribution in [2.45, 2.75) is 45.4 Å². The number of piperidine rings is 1. The van der Waals surface area contributed by atoms with Gasteiger partial charge in [-0.3, -0.25) is 9.59 Å². The van der Waals surface area contributed by atoms with Gasteiger partial charge in [-0.05, 0) is 49.5 Å². The van der Waals surface area contributed by atoms with Crippen LogP contribution in [0, 0.1) is 5.92 Å². The number of ether oxygens (including phenoxy) is 1. The maximum absolute atomic E-state index is 12.6. The van der Waals surface area contributed by atoms with Crippen molar-refractivity contribution in [1.82, 2.24) is 4.90 Å². The summed E-state index contributed by atoms with van der Waals surface area (Å²) in [6, 6.07) is 5.64. The fourth-order valence-corrected chi connectivity index (χ4v) is 3.28. The Morgan fingerprint density at radius 3 is 2.40 bits per heavy atom. The Labute approximate surface area is 150 Å². The molecule has 0 atom stereocenters. The molecule has 0 unspecified atom stereocenters. The molecule has 5 nitrogen and oxygen atoms in total. The SMILES string of the molecule is COc1ccc(C(=O)CCN2CCC(C(=O)O)CC2)cc1C(C)(C)C. The number of nitrogens with zero attached hydrogens (tertiary/aromatic N) is 1. The van der Waals surface area contributed by atoms with Crippen LogP contribution in [0.1, 0.15) is 56.0 Å². The van der Waals surface area contributed by atoms with Crippen LogP contribution in [0.4, 0.5) is 0 Å². The molecule has 138 valence electrons. The molecule has 0 bridgehead atoms. The second-order valence-corrected chi connectivity index (χ2v) is 7.79. The standard InChI is InChI=1S/C20H29NO4/c1-20(2,3)16-13-15(5-6-18(16)25-4)17(22)9-12-21-10-7-14(8-11-21)19(23)24/h5-6,13-14H,7-12H2,1-4H3,(H,23,24). The fourth-order valence-electron chi connectivity index (χ4n) is 3.28. The van der Waals surface area contributed by atoms with Gasteiger partial charge >= 0.3 is 5.97 Å². The van der Waals surface area contributed by atoms with Crippen LogP contribution in [0.5, 0.6) is 5.75 Å². The molecule has 1 fully saturated rings. The van der Waals surface area contributed by atoms with E-state index in [1.165, 1.54) is 0 Å². The Morgan fingerprint density at radius 1 is 1.24 bits per heavy atom. The zero-order valence-electron chi connectivity index (χ0n) is 15.7. The van der Waals surface area contributed by atoms with Crippen molar-refractivity contribution in [3.63, 3.8) is 0 Å². The summed E-state index contributed by atoms with van der Waals surface area (Å²) in [7, 11) is 1.65. The van der Waals surface area contributed by atoms with Crippen LogP contribution < -0.4 is 4.74 Å². The van der Waals surface area contributed by atoms with Crippen LogP contribution in [-0.4, -0.2) is 48.5 Å². The summed E-state index contributed by atoms with van der Waals surface area (Å²) in [6.07, 6.45) is 1.79. The number of aliphatic carboxylic acids is 1. The molecule has 0 radical (unpaired) electrons. The first-order valence-corrected chi connectivity index (χ1v) is 8.89. The zero-order valence-corrected chi connectivity index (χ0v) is 15.7. The molecule has 1 aromatic rings. The van der Waals surface area contributed by atoms with E-state index in [0.29, 0.717) is 31.4 Å². The van der Waals surface area contributed by atoms with Gasteiger partial charge in [-0.15, -0.1) is 0 Å². The summed E-state index contributed by atoms with van der Waals surface area (Å²) in [6.45, 7) is 8.49. The lowest BCUT2D eigenvalue weighted by molar-refractivity contribution is -0.143. The van der Waals surface area contributed by atoms with Gasteiger partial charge in [-0.1, -0.05) is 20.8 Å². The van der Waals surface area contributed by atoms with Gasteiger partial charge in [-0.2, -0.15) is 0 Å². The minimum Gasteiger partial charge on any atom is -0.496 e. The summed E-state index contributed by atoms with van der Waals surface area (Å²) in [5.41, 5.74) is 1.65. The van der Waals surface area contributed by atoms with E-state index in [0.717, 1.165) is 24.4 Å². The van der Waals surface area contributed by atoms with E-state index in [-0.39, 0.29) is 17.1 Å². The number of carboxylic acid groups (broad SMARTS) is 1. The summed E-state index contributed by atoms with van der Waals surface area (Å²) < 4.78 is 5.42. The lowest BCUT2D eigenvalue weighted by Gasteiger charge is -2.29. The van der Waals surface area contributed by atoms with Gasteiger partial charge in [0, 0.05) is 24.1 Å². The number of hydrogen-bond acceptors (Lipinski definition) is 4. The first-order valence-electron chi connectivity index (χ1n) is 8.89. The number of carboxylic acids is 1. The minimum atomic E-state index is -0.705. The summed E-state index contributed by atoms with van der Waals surface area (Å²) >= 11 is 0. The minimum absolute atomic E-state index is 0.0969. The molecule has 1 N–H and O–H groups in total. The third-order valence-electron chi connectivity index (χ3n) is 4.92. The molecule has 0 saturated carbocycles. The van der Waals surface area contributed by atoms with Gasteiger partial charge in [0.25, 0.3) is 0 Å². The number of Topliss-reactive ketones (excluding diaryl/α,β-unsaturated/α-hetero) is 1. The van der Waals surface area contributed by atoms with Crippen molar-refractivity contribution in [2.24, 2.45) is 5.92 Å². The van der Waals surface area contributed by atoms with Crippen LogP contribution in [-0.2, 0) is 10.2 Å². The van der Waals surface area contributed by atoms with E-state index in [1.54, 1.807) is 7.11 Å². The highest BCUT2D eigenvalue weighted by Crippen LogP contribution is 2.32. The Morgan fingerprint density at radius 2 is 1.88 bits per heavy atom. The van der Waals surface area contributed by atoms with Gasteiger partial charge in [0.15, 0.2) is 5.78 Å². The van der Waals surface area contributed by atoms with Gasteiger partial charge in [0.2, 0.25) is 0 Å². The number of carbonyl (C=O) groups excluding carboxylic acids is 1. The predicted octanol–water partition coefficient (Wildman–Crippen LogP) is 3.36. The molecule has 0 spiro atoms. The summed E-state index contributed by atoms with van der Waals surface area (Å²) in [5, 5.41) is 9.04. The van der Waals surface area contributed by atoms with Crippen LogP contribution in [0.3, 0.4) is 0 Å². The smallest absolute Gasteiger partial charge is 0.306 e. The molecule has 1 aliphatic heterocycles. The highest BCUT2D eigenvalue weighted by atomic mass is 16.5. The first kappa shape index (κ1) is 19.4. The summed E-state index contributed by atoms with van der Waals surface area (Å²) in [5.74, 6) is -0.0140. The van der Waals surface area contributed by atoms with Crippen molar-refractivity contribution in [1.29, 1.82) is 0 Å². The largest absolute Gasteiger partial charge is 0.496 e. The van der Waals surface area contributed by atoms with E-state index in [9.17, 15) is 9.59 Å². The maximum Gasteiger partial charge on any atom is 0.306 e. The molecule has 1 heterocycles. The van der Waals surface area contributed by atoms with Crippen molar-refractivity contribution in [2.75, 3.05) is 26.7 Å². The first-order chi connectivity index (χ1) is 11.7. The van der Waals surface area contributed by atoms with Crippen molar-refractivity contribution in [3.05, 3.63) is 29.3 Å². The number of hydrogen-bond donors (Lipinski definition) is 1. The Kier molecular flexibility index (Phi) is 6.22. The van der Waals surface area contributed by atoms with Crippen molar-refractivity contribution >= 4 is 11.8 Å². The van der Waals surface area contributed by atoms with E-state index >= 15 is 0 Å². The van der Waals surface area contributed by atoms with Crippen LogP contribution >= 0.6 is 0 Å². The molecule has 25 heavy (non-hydrogen) atoms. The molecule has 0 aliphatic carbocycles. The summed E-state index contributed by atoms with van der Waals surface area (Å²) in [4.78, 5) is 25.8. The Hall–Kier alpha value is -1.88. The van der Waals surface area contributed by atoms with Gasteiger partial charge in [0.05, 0.1) is 13.0 Å². The molecular formula is C20H29NO4. The van der Waals surface area contributed by atoms with Crippen molar-refractivity contribution < 1.29 is 19.4 Å². The quantitative estimate of drug-likeness (QED) is 0.799. The van der Waals surface area contributed by atoms with Crippen LogP contribution in [0.2, 0.25) is 0 Å². The second-order valence-electron chi connectivity index (χ2n) is 7.79. The molecular weight excluding hydrogens is 318 g/mol. The van der Waals surface area contributed by atoms with E-state index in [1.807, 2.05) is 18.2 Å². The average molecular weight is 347 g/mol. The molecule has 1 aliphatic rings. The van der Waals surface area contributed by atoms with Gasteiger partial charge < -0.3 is 14.7 Å². The number of likely N-dealkylation sites (tertiary alicyclic amines) is 1. The molecule has 2 rings (SSSR count). The predicted molar refractivity (Wildman–Crippen MR) is 97.4 cm³/mol. The maximum atomic E-state index is 12.6. The third kappa shape index (κ3) is 5.05. The highest BCUT2D eigenvalue weighted by Gasteiger charge is 2.25. The third-order valence-corrected chi connectivity index (χ3v) is 4.92. The second kappa shape index (κ2) is 8.00. The Balaban J connectivity index is 1.96. The van der Waals surface area contributed by atoms with Crippen LogP contribution in [0.15, 0.2) is 18.2 Å². The number of benzene rings is 1. The van der Waals surface area contributed by atoms with Crippen LogP contribution in [0.25, 0.3) is 0 Å². The molecule has 1 aromatic carbocycles. The topological polar surface area (TPSA) is 66.8 Å². The molecule has 0 amide bonds. The number of ketones is 1. The molecule has 0 aromatic heterocycles. The Bertz CT molecular complexity index is 625.